The lowest BCUT2D eigenvalue weighted by Gasteiger charge is -1.84. The van der Waals surface area contributed by atoms with E-state index in [1.807, 2.05) is 0 Å². The van der Waals surface area contributed by atoms with Crippen molar-refractivity contribution >= 4 is 11.9 Å². The number of hydrogen-bond donors (Lipinski definition) is 2. The summed E-state index contributed by atoms with van der Waals surface area (Å²) < 4.78 is 11.2. The molecule has 46 valence electrons. The van der Waals surface area contributed by atoms with Crippen molar-refractivity contribution in [2.45, 2.75) is 0 Å². The van der Waals surface area contributed by atoms with Crippen LogP contribution in [0.4, 0.5) is 4.39 Å². The fraction of sp³-hybridized carbons (Fsp3) is 0.333. The number of nitrogens with two attached hydrogens (primary N) is 2. The first-order valence-corrected chi connectivity index (χ1v) is 1.85. The van der Waals surface area contributed by atoms with Crippen LogP contribution in [-0.4, -0.2) is 18.5 Å². The first-order chi connectivity index (χ1) is 3.66. The lowest BCUT2D eigenvalue weighted by molar-refractivity contribution is -0.118. The largest absolute Gasteiger partial charge is 0.370 e. The van der Waals surface area contributed by atoms with E-state index in [2.05, 4.69) is 4.99 Å². The van der Waals surface area contributed by atoms with Crippen LogP contribution in [0.1, 0.15) is 0 Å². The van der Waals surface area contributed by atoms with Gasteiger partial charge in [0.05, 0.1) is 0 Å². The van der Waals surface area contributed by atoms with Crippen molar-refractivity contribution in [2.24, 2.45) is 16.5 Å². The standard InChI is InChI=1S/C3H6FN3O/c4-1-2(8)7-3(5)6/h1H2,(H4,5,6,7,8). The first-order valence-electron chi connectivity index (χ1n) is 1.85. The molecule has 0 aliphatic carbocycles. The van der Waals surface area contributed by atoms with E-state index in [4.69, 9.17) is 11.5 Å². The Hall–Kier alpha value is -1.13. The number of halogens is 1. The van der Waals surface area contributed by atoms with Gasteiger partial charge in [-0.1, -0.05) is 0 Å². The van der Waals surface area contributed by atoms with Crippen molar-refractivity contribution < 1.29 is 9.18 Å². The summed E-state index contributed by atoms with van der Waals surface area (Å²) in [7, 11) is 0. The number of carbonyl (C=O) groups excluding carboxylic acids is 1. The van der Waals surface area contributed by atoms with Crippen LogP contribution in [0, 0.1) is 0 Å². The van der Waals surface area contributed by atoms with E-state index in [0.717, 1.165) is 0 Å². The molecule has 4 N–H and O–H groups in total. The molecule has 0 rings (SSSR count). The van der Waals surface area contributed by atoms with Crippen molar-refractivity contribution in [3.8, 4) is 0 Å². The minimum absolute atomic E-state index is 0.410. The lowest BCUT2D eigenvalue weighted by Crippen LogP contribution is -2.24. The highest BCUT2D eigenvalue weighted by Gasteiger charge is 1.93. The second-order valence-electron chi connectivity index (χ2n) is 1.06. The molecule has 0 aliphatic heterocycles. The maximum Gasteiger partial charge on any atom is 0.280 e. The van der Waals surface area contributed by atoms with E-state index in [9.17, 15) is 9.18 Å². The monoisotopic (exact) mass is 119 g/mol. The van der Waals surface area contributed by atoms with Crippen molar-refractivity contribution in [2.75, 3.05) is 6.67 Å². The average Bonchev–Trinajstić information content (AvgIpc) is 1.65. The van der Waals surface area contributed by atoms with Gasteiger partial charge in [0.1, 0.15) is 0 Å². The Morgan fingerprint density at radius 1 is 1.62 bits per heavy atom. The predicted octanol–water partition coefficient (Wildman–Crippen LogP) is -1.24. The number of alkyl halides is 1. The van der Waals surface area contributed by atoms with E-state index >= 15 is 0 Å². The highest BCUT2D eigenvalue weighted by Crippen LogP contribution is 1.73. The summed E-state index contributed by atoms with van der Waals surface area (Å²) in [5.41, 5.74) is 9.42. The van der Waals surface area contributed by atoms with Crippen LogP contribution in [0.5, 0.6) is 0 Å². The topological polar surface area (TPSA) is 81.5 Å². The van der Waals surface area contributed by atoms with Crippen LogP contribution in [0.15, 0.2) is 4.99 Å². The third-order valence-electron chi connectivity index (χ3n) is 0.368. The van der Waals surface area contributed by atoms with Gasteiger partial charge in [-0.3, -0.25) is 4.79 Å². The van der Waals surface area contributed by atoms with Crippen molar-refractivity contribution in [1.82, 2.24) is 0 Å². The Labute approximate surface area is 45.4 Å². The Morgan fingerprint density at radius 3 is 2.25 bits per heavy atom. The minimum Gasteiger partial charge on any atom is -0.370 e. The summed E-state index contributed by atoms with van der Waals surface area (Å²) in [6.07, 6.45) is 0. The van der Waals surface area contributed by atoms with Gasteiger partial charge in [0.25, 0.3) is 5.91 Å². The molecule has 0 saturated carbocycles. The second-order valence-corrected chi connectivity index (χ2v) is 1.06. The number of carbonyl (C=O) groups is 1. The summed E-state index contributed by atoms with van der Waals surface area (Å²) in [4.78, 5) is 12.8. The molecule has 8 heavy (non-hydrogen) atoms. The third kappa shape index (κ3) is 3.08. The molecule has 0 aromatic heterocycles. The Bertz CT molecular complexity index is 118. The van der Waals surface area contributed by atoms with Gasteiger partial charge in [-0.2, -0.15) is 4.99 Å². The Kier molecular flexibility index (Phi) is 2.53. The van der Waals surface area contributed by atoms with E-state index in [0.29, 0.717) is 0 Å². The van der Waals surface area contributed by atoms with Crippen molar-refractivity contribution in [3.63, 3.8) is 0 Å². The highest BCUT2D eigenvalue weighted by atomic mass is 19.1. The van der Waals surface area contributed by atoms with Crippen LogP contribution in [0.3, 0.4) is 0 Å². The molecule has 0 aromatic rings. The third-order valence-corrected chi connectivity index (χ3v) is 0.368. The van der Waals surface area contributed by atoms with Gasteiger partial charge >= 0.3 is 0 Å². The number of hydrogen-bond acceptors (Lipinski definition) is 1. The molecule has 0 heterocycles. The number of guanidine groups is 1. The normalized spacial score (nSPS) is 8.12. The van der Waals surface area contributed by atoms with Gasteiger partial charge in [0.15, 0.2) is 12.6 Å². The van der Waals surface area contributed by atoms with Gasteiger partial charge in [-0.15, -0.1) is 0 Å². The smallest absolute Gasteiger partial charge is 0.280 e. The molecular weight excluding hydrogens is 113 g/mol. The maximum absolute atomic E-state index is 11.2. The zero-order valence-corrected chi connectivity index (χ0v) is 4.10. The first kappa shape index (κ1) is 6.87. The van der Waals surface area contributed by atoms with Crippen LogP contribution in [-0.2, 0) is 4.79 Å². The molecule has 4 nitrogen and oxygen atoms in total. The van der Waals surface area contributed by atoms with Crippen LogP contribution < -0.4 is 11.5 Å². The molecule has 0 atom stereocenters. The van der Waals surface area contributed by atoms with Gasteiger partial charge in [-0.05, 0) is 0 Å². The zero-order valence-electron chi connectivity index (χ0n) is 4.10. The minimum atomic E-state index is -1.15. The molecule has 1 amide bonds. The molecule has 0 saturated heterocycles. The summed E-state index contributed by atoms with van der Waals surface area (Å²) in [6, 6.07) is 0. The quantitative estimate of drug-likeness (QED) is 0.334. The van der Waals surface area contributed by atoms with E-state index in [-0.39, 0.29) is 0 Å². The molecule has 0 bridgehead atoms. The van der Waals surface area contributed by atoms with Crippen LogP contribution >= 0.6 is 0 Å². The highest BCUT2D eigenvalue weighted by molar-refractivity contribution is 5.91. The summed E-state index contributed by atoms with van der Waals surface area (Å²) >= 11 is 0. The van der Waals surface area contributed by atoms with Crippen LogP contribution in [0.25, 0.3) is 0 Å². The van der Waals surface area contributed by atoms with E-state index in [1.165, 1.54) is 0 Å². The van der Waals surface area contributed by atoms with E-state index in [1.54, 1.807) is 0 Å². The summed E-state index contributed by atoms with van der Waals surface area (Å²) in [5.74, 6) is -1.36. The predicted molar refractivity (Wildman–Crippen MR) is 26.8 cm³/mol. The van der Waals surface area contributed by atoms with Crippen molar-refractivity contribution in [1.29, 1.82) is 0 Å². The van der Waals surface area contributed by atoms with Gasteiger partial charge in [0, 0.05) is 0 Å². The number of aliphatic imine (C=N–C) groups is 1. The SMILES string of the molecule is NC(N)=NC(=O)CF. The van der Waals surface area contributed by atoms with Crippen LogP contribution in [0.2, 0.25) is 0 Å². The molecular formula is C3H6FN3O. The number of nitrogens with zero attached hydrogens (tertiary/aromatic N) is 1. The second kappa shape index (κ2) is 2.95. The molecule has 0 aliphatic rings. The molecule has 0 radical (unpaired) electrons. The lowest BCUT2D eigenvalue weighted by atomic mass is 10.7. The number of rotatable bonds is 1. The van der Waals surface area contributed by atoms with Gasteiger partial charge < -0.3 is 11.5 Å². The molecule has 0 aromatic carbocycles. The van der Waals surface area contributed by atoms with Gasteiger partial charge in [0.2, 0.25) is 0 Å². The fourth-order valence-electron chi connectivity index (χ4n) is 0.174. The van der Waals surface area contributed by atoms with Gasteiger partial charge in [-0.25, -0.2) is 4.39 Å². The fourth-order valence-corrected chi connectivity index (χ4v) is 0.174. The zero-order chi connectivity index (χ0) is 6.57. The molecule has 0 spiro atoms. The average molecular weight is 119 g/mol. The van der Waals surface area contributed by atoms with Crippen molar-refractivity contribution in [3.05, 3.63) is 0 Å². The molecule has 5 heteroatoms. The summed E-state index contributed by atoms with van der Waals surface area (Å²) in [6.45, 7) is -1.15. The summed E-state index contributed by atoms with van der Waals surface area (Å²) in [5, 5.41) is 0. The van der Waals surface area contributed by atoms with E-state index < -0.39 is 18.5 Å². The molecule has 0 unspecified atom stereocenters. The Balaban J connectivity index is 3.70. The Morgan fingerprint density at radius 2 is 2.12 bits per heavy atom. The molecule has 0 fully saturated rings. The maximum atomic E-state index is 11.2. The number of amides is 1.